The number of aromatic nitrogens is 1. The summed E-state index contributed by atoms with van der Waals surface area (Å²) in [7, 11) is 0. The summed E-state index contributed by atoms with van der Waals surface area (Å²) in [5.74, 6) is -0.487. The number of fused-ring (bicyclic) bond motifs is 1. The van der Waals surface area contributed by atoms with Crippen LogP contribution in [0.5, 0.6) is 0 Å². The molecule has 0 amide bonds. The SMILES string of the molecule is N#Cc1[nH]c2c(c1F)C=CC=CC=C2. The Morgan fingerprint density at radius 3 is 2.57 bits per heavy atom. The number of aromatic amines is 1. The van der Waals surface area contributed by atoms with Gasteiger partial charge < -0.3 is 4.98 Å². The van der Waals surface area contributed by atoms with Crippen LogP contribution in [-0.2, 0) is 0 Å². The van der Waals surface area contributed by atoms with E-state index in [9.17, 15) is 4.39 Å². The molecular formula is C11H7FN2. The van der Waals surface area contributed by atoms with E-state index >= 15 is 0 Å². The minimum Gasteiger partial charge on any atom is -0.344 e. The molecule has 0 saturated carbocycles. The molecule has 1 aliphatic rings. The summed E-state index contributed by atoms with van der Waals surface area (Å²) in [5, 5.41) is 8.62. The van der Waals surface area contributed by atoms with E-state index in [-0.39, 0.29) is 5.69 Å². The molecule has 0 saturated heterocycles. The van der Waals surface area contributed by atoms with Gasteiger partial charge in [0.1, 0.15) is 6.07 Å². The first kappa shape index (κ1) is 8.52. The van der Waals surface area contributed by atoms with Crippen molar-refractivity contribution in [2.45, 2.75) is 0 Å². The number of rotatable bonds is 0. The number of hydrogen-bond donors (Lipinski definition) is 1. The molecule has 3 heteroatoms. The summed E-state index contributed by atoms with van der Waals surface area (Å²) < 4.78 is 13.5. The van der Waals surface area contributed by atoms with Gasteiger partial charge in [-0.2, -0.15) is 5.26 Å². The normalized spacial score (nSPS) is 13.1. The van der Waals surface area contributed by atoms with Crippen molar-refractivity contribution >= 4 is 12.2 Å². The Morgan fingerprint density at radius 1 is 1.14 bits per heavy atom. The van der Waals surface area contributed by atoms with Crippen molar-refractivity contribution in [2.24, 2.45) is 0 Å². The molecule has 0 aromatic carbocycles. The third-order valence-corrected chi connectivity index (χ3v) is 1.98. The lowest BCUT2D eigenvalue weighted by molar-refractivity contribution is 0.623. The van der Waals surface area contributed by atoms with Crippen molar-refractivity contribution in [1.82, 2.24) is 4.98 Å². The molecule has 14 heavy (non-hydrogen) atoms. The zero-order chi connectivity index (χ0) is 9.97. The number of nitriles is 1. The van der Waals surface area contributed by atoms with Crippen LogP contribution < -0.4 is 0 Å². The molecule has 2 rings (SSSR count). The largest absolute Gasteiger partial charge is 0.344 e. The Kier molecular flexibility index (Phi) is 2.04. The highest BCUT2D eigenvalue weighted by Gasteiger charge is 2.13. The fraction of sp³-hybridized carbons (Fsp3) is 0. The highest BCUT2D eigenvalue weighted by Crippen LogP contribution is 2.20. The van der Waals surface area contributed by atoms with E-state index in [1.807, 2.05) is 6.08 Å². The Balaban J connectivity index is 2.64. The van der Waals surface area contributed by atoms with Gasteiger partial charge in [-0.05, 0) is 12.2 Å². The van der Waals surface area contributed by atoms with Gasteiger partial charge in [-0.3, -0.25) is 0 Å². The van der Waals surface area contributed by atoms with Crippen LogP contribution in [0, 0.1) is 17.1 Å². The molecule has 0 bridgehead atoms. The van der Waals surface area contributed by atoms with Gasteiger partial charge in [-0.15, -0.1) is 0 Å². The second kappa shape index (κ2) is 3.35. The summed E-state index contributed by atoms with van der Waals surface area (Å²) in [6.07, 6.45) is 10.5. The van der Waals surface area contributed by atoms with Crippen LogP contribution in [0.1, 0.15) is 17.0 Å². The minimum absolute atomic E-state index is 0.0220. The smallest absolute Gasteiger partial charge is 0.166 e. The molecule has 0 fully saturated rings. The second-order valence-electron chi connectivity index (χ2n) is 2.86. The predicted octanol–water partition coefficient (Wildman–Crippen LogP) is 2.62. The van der Waals surface area contributed by atoms with Crippen LogP contribution >= 0.6 is 0 Å². The van der Waals surface area contributed by atoms with Crippen molar-refractivity contribution < 1.29 is 4.39 Å². The van der Waals surface area contributed by atoms with E-state index in [1.54, 1.807) is 36.4 Å². The van der Waals surface area contributed by atoms with Gasteiger partial charge in [0.25, 0.3) is 0 Å². The second-order valence-corrected chi connectivity index (χ2v) is 2.86. The van der Waals surface area contributed by atoms with Crippen LogP contribution in [0.15, 0.2) is 24.3 Å². The Hall–Kier alpha value is -2.08. The van der Waals surface area contributed by atoms with Crippen LogP contribution in [0.3, 0.4) is 0 Å². The fourth-order valence-corrected chi connectivity index (χ4v) is 1.31. The molecule has 0 radical (unpaired) electrons. The van der Waals surface area contributed by atoms with Gasteiger partial charge in [0.2, 0.25) is 0 Å². The van der Waals surface area contributed by atoms with E-state index in [0.29, 0.717) is 11.3 Å². The van der Waals surface area contributed by atoms with Crippen molar-refractivity contribution in [1.29, 1.82) is 5.26 Å². The zero-order valence-electron chi connectivity index (χ0n) is 7.29. The Bertz CT molecular complexity index is 484. The average molecular weight is 186 g/mol. The lowest BCUT2D eigenvalue weighted by atomic mass is 10.1. The molecule has 0 aliphatic heterocycles. The lowest BCUT2D eigenvalue weighted by Gasteiger charge is -1.93. The van der Waals surface area contributed by atoms with E-state index in [2.05, 4.69) is 4.98 Å². The van der Waals surface area contributed by atoms with Crippen LogP contribution in [0.2, 0.25) is 0 Å². The molecule has 1 N–H and O–H groups in total. The number of halogens is 1. The maximum Gasteiger partial charge on any atom is 0.166 e. The topological polar surface area (TPSA) is 39.6 Å². The van der Waals surface area contributed by atoms with E-state index in [0.717, 1.165) is 0 Å². The van der Waals surface area contributed by atoms with E-state index in [1.165, 1.54) is 0 Å². The number of H-pyrrole nitrogens is 1. The predicted molar refractivity (Wildman–Crippen MR) is 52.7 cm³/mol. The first-order chi connectivity index (χ1) is 6.83. The number of nitrogens with zero attached hydrogens (tertiary/aromatic N) is 1. The molecule has 1 aromatic rings. The van der Waals surface area contributed by atoms with Crippen LogP contribution in [0.4, 0.5) is 4.39 Å². The van der Waals surface area contributed by atoms with Gasteiger partial charge >= 0.3 is 0 Å². The molecule has 1 aromatic heterocycles. The van der Waals surface area contributed by atoms with E-state index in [4.69, 9.17) is 5.26 Å². The van der Waals surface area contributed by atoms with Crippen molar-refractivity contribution in [3.05, 3.63) is 47.1 Å². The van der Waals surface area contributed by atoms with Crippen molar-refractivity contribution in [3.8, 4) is 6.07 Å². The molecule has 1 heterocycles. The fourth-order valence-electron chi connectivity index (χ4n) is 1.31. The Morgan fingerprint density at radius 2 is 1.86 bits per heavy atom. The summed E-state index contributed by atoms with van der Waals surface area (Å²) >= 11 is 0. The number of hydrogen-bond acceptors (Lipinski definition) is 1. The van der Waals surface area contributed by atoms with E-state index < -0.39 is 5.82 Å². The minimum atomic E-state index is -0.487. The molecule has 2 nitrogen and oxygen atoms in total. The average Bonchev–Trinajstić information content (AvgIpc) is 2.42. The third kappa shape index (κ3) is 1.27. The molecule has 0 atom stereocenters. The Labute approximate surface area is 80.7 Å². The van der Waals surface area contributed by atoms with Crippen molar-refractivity contribution in [2.75, 3.05) is 0 Å². The maximum absolute atomic E-state index is 13.5. The van der Waals surface area contributed by atoms with Gasteiger partial charge in [0.05, 0.1) is 0 Å². The van der Waals surface area contributed by atoms with Gasteiger partial charge in [-0.1, -0.05) is 24.3 Å². The highest BCUT2D eigenvalue weighted by atomic mass is 19.1. The zero-order valence-corrected chi connectivity index (χ0v) is 7.29. The van der Waals surface area contributed by atoms with Crippen molar-refractivity contribution in [3.63, 3.8) is 0 Å². The first-order valence-corrected chi connectivity index (χ1v) is 4.16. The molecule has 0 spiro atoms. The highest BCUT2D eigenvalue weighted by molar-refractivity contribution is 5.68. The summed E-state index contributed by atoms with van der Waals surface area (Å²) in [5.41, 5.74) is 1.04. The number of allylic oxidation sites excluding steroid dienone is 4. The standard InChI is InChI=1S/C11H7FN2/c12-11-8-5-3-1-2-4-6-9(8)14-10(11)7-13/h1-6,14H. The van der Waals surface area contributed by atoms with Gasteiger partial charge in [0.15, 0.2) is 11.5 Å². The third-order valence-electron chi connectivity index (χ3n) is 1.98. The molecule has 0 unspecified atom stereocenters. The monoisotopic (exact) mass is 186 g/mol. The van der Waals surface area contributed by atoms with Crippen LogP contribution in [0.25, 0.3) is 12.2 Å². The summed E-state index contributed by atoms with van der Waals surface area (Å²) in [4.78, 5) is 2.71. The van der Waals surface area contributed by atoms with Crippen LogP contribution in [-0.4, -0.2) is 4.98 Å². The lowest BCUT2D eigenvalue weighted by Crippen LogP contribution is -1.79. The molecular weight excluding hydrogens is 179 g/mol. The van der Waals surface area contributed by atoms with Gasteiger partial charge in [0, 0.05) is 11.3 Å². The first-order valence-electron chi connectivity index (χ1n) is 4.16. The molecule has 1 aliphatic carbocycles. The quantitative estimate of drug-likeness (QED) is 0.664. The number of nitrogens with one attached hydrogen (secondary N) is 1. The maximum atomic E-state index is 13.5. The van der Waals surface area contributed by atoms with Gasteiger partial charge in [-0.25, -0.2) is 4.39 Å². The summed E-state index contributed by atoms with van der Waals surface area (Å²) in [6, 6.07) is 1.77. The molecule has 68 valence electrons. The summed E-state index contributed by atoms with van der Waals surface area (Å²) in [6.45, 7) is 0.